The summed E-state index contributed by atoms with van der Waals surface area (Å²) in [5.41, 5.74) is 1.42. The number of amides is 2. The Morgan fingerprint density at radius 2 is 1.70 bits per heavy atom. The van der Waals surface area contributed by atoms with Gasteiger partial charge in [0.15, 0.2) is 0 Å². The molecule has 0 bridgehead atoms. The highest BCUT2D eigenvalue weighted by Gasteiger charge is 2.42. The first-order chi connectivity index (χ1) is 13.2. The summed E-state index contributed by atoms with van der Waals surface area (Å²) < 4.78 is 0. The van der Waals surface area contributed by atoms with E-state index in [-0.39, 0.29) is 17.2 Å². The molecule has 1 aromatic rings. The topological polar surface area (TPSA) is 40.6 Å². The maximum absolute atomic E-state index is 12.8. The second kappa shape index (κ2) is 8.04. The van der Waals surface area contributed by atoms with E-state index in [4.69, 9.17) is 0 Å². The lowest BCUT2D eigenvalue weighted by molar-refractivity contribution is -0.145. The van der Waals surface area contributed by atoms with E-state index in [1.165, 1.54) is 24.8 Å². The Bertz CT molecular complexity index is 658. The predicted octanol–water partition coefficient (Wildman–Crippen LogP) is 4.00. The first-order valence-electron chi connectivity index (χ1n) is 10.8. The Morgan fingerprint density at radius 3 is 2.41 bits per heavy atom. The second-order valence-corrected chi connectivity index (χ2v) is 8.90. The van der Waals surface area contributed by atoms with Crippen LogP contribution in [0.15, 0.2) is 30.3 Å². The fraction of sp³-hybridized carbons (Fsp3) is 0.652. The average molecular weight is 369 g/mol. The zero-order valence-electron chi connectivity index (χ0n) is 16.4. The standard InChI is InChI=1S/C23H32N2O2/c26-21-11-12-23(18-25(21)17-19-7-3-1-4-8-19)13-15-24(16-14-23)22(27)20-9-5-2-6-10-20/h1,3-4,7-8,20H,2,5-6,9-18H2. The summed E-state index contributed by atoms with van der Waals surface area (Å²) >= 11 is 0. The summed E-state index contributed by atoms with van der Waals surface area (Å²) in [7, 11) is 0. The van der Waals surface area contributed by atoms with Crippen molar-refractivity contribution in [3.8, 4) is 0 Å². The van der Waals surface area contributed by atoms with E-state index in [2.05, 4.69) is 21.9 Å². The molecule has 1 aliphatic carbocycles. The van der Waals surface area contributed by atoms with Gasteiger partial charge in [0.25, 0.3) is 0 Å². The highest BCUT2D eigenvalue weighted by atomic mass is 16.2. The number of carbonyl (C=O) groups is 2. The van der Waals surface area contributed by atoms with Gasteiger partial charge < -0.3 is 9.80 Å². The minimum atomic E-state index is 0.214. The third kappa shape index (κ3) is 4.20. The number of carbonyl (C=O) groups excluding carboxylic acids is 2. The van der Waals surface area contributed by atoms with Gasteiger partial charge >= 0.3 is 0 Å². The summed E-state index contributed by atoms with van der Waals surface area (Å²) in [6, 6.07) is 10.3. The lowest BCUT2D eigenvalue weighted by atomic mass is 9.72. The quantitative estimate of drug-likeness (QED) is 0.809. The van der Waals surface area contributed by atoms with Gasteiger partial charge in [0.1, 0.15) is 0 Å². The van der Waals surface area contributed by atoms with Gasteiger partial charge in [-0.15, -0.1) is 0 Å². The van der Waals surface area contributed by atoms with Crippen LogP contribution >= 0.6 is 0 Å². The largest absolute Gasteiger partial charge is 0.342 e. The van der Waals surface area contributed by atoms with Gasteiger partial charge in [0, 0.05) is 38.5 Å². The fourth-order valence-electron chi connectivity index (χ4n) is 5.27. The molecule has 3 aliphatic rings. The van der Waals surface area contributed by atoms with Crippen LogP contribution in [0.4, 0.5) is 0 Å². The van der Waals surface area contributed by atoms with Crippen LogP contribution in [0.25, 0.3) is 0 Å². The molecule has 1 saturated carbocycles. The van der Waals surface area contributed by atoms with Crippen LogP contribution in [0, 0.1) is 11.3 Å². The normalized spacial score (nSPS) is 23.6. The highest BCUT2D eigenvalue weighted by Crippen LogP contribution is 2.41. The molecule has 0 unspecified atom stereocenters. The zero-order chi connectivity index (χ0) is 18.7. The van der Waals surface area contributed by atoms with Gasteiger partial charge in [-0.25, -0.2) is 0 Å². The Kier molecular flexibility index (Phi) is 5.51. The molecule has 2 heterocycles. The van der Waals surface area contributed by atoms with E-state index in [0.717, 1.165) is 51.7 Å². The third-order valence-corrected chi connectivity index (χ3v) is 7.05. The maximum atomic E-state index is 12.8. The molecule has 2 aliphatic heterocycles. The highest BCUT2D eigenvalue weighted by molar-refractivity contribution is 5.79. The minimum absolute atomic E-state index is 0.214. The smallest absolute Gasteiger partial charge is 0.225 e. The van der Waals surface area contributed by atoms with Crippen LogP contribution in [-0.4, -0.2) is 41.2 Å². The van der Waals surface area contributed by atoms with Crippen LogP contribution in [0.3, 0.4) is 0 Å². The Hall–Kier alpha value is -1.84. The van der Waals surface area contributed by atoms with E-state index < -0.39 is 0 Å². The summed E-state index contributed by atoms with van der Waals surface area (Å²) in [5, 5.41) is 0. The number of hydrogen-bond donors (Lipinski definition) is 0. The third-order valence-electron chi connectivity index (χ3n) is 7.05. The summed E-state index contributed by atoms with van der Waals surface area (Å²) in [4.78, 5) is 29.5. The fourth-order valence-corrected chi connectivity index (χ4v) is 5.27. The molecular weight excluding hydrogens is 336 g/mol. The lowest BCUT2D eigenvalue weighted by Crippen LogP contribution is -2.52. The molecule has 0 N–H and O–H groups in total. The molecule has 146 valence electrons. The van der Waals surface area contributed by atoms with Gasteiger partial charge in [-0.1, -0.05) is 49.6 Å². The average Bonchev–Trinajstić information content (AvgIpc) is 2.72. The van der Waals surface area contributed by atoms with Gasteiger partial charge in [-0.05, 0) is 43.1 Å². The predicted molar refractivity (Wildman–Crippen MR) is 106 cm³/mol. The van der Waals surface area contributed by atoms with Crippen LogP contribution in [0.5, 0.6) is 0 Å². The summed E-state index contributed by atoms with van der Waals surface area (Å²) in [6.45, 7) is 3.32. The summed E-state index contributed by atoms with van der Waals surface area (Å²) in [6.07, 6.45) is 9.62. The summed E-state index contributed by atoms with van der Waals surface area (Å²) in [5.74, 6) is 0.957. The first-order valence-corrected chi connectivity index (χ1v) is 10.8. The van der Waals surface area contributed by atoms with E-state index in [1.54, 1.807) is 0 Å². The molecule has 1 aromatic carbocycles. The van der Waals surface area contributed by atoms with Crippen molar-refractivity contribution in [2.45, 2.75) is 64.3 Å². The molecule has 0 aromatic heterocycles. The SMILES string of the molecule is O=C1CCC2(CCN(C(=O)C3CCCCC3)CC2)CN1Cc1ccccc1. The van der Waals surface area contributed by atoms with Crippen molar-refractivity contribution in [1.29, 1.82) is 0 Å². The number of likely N-dealkylation sites (tertiary alicyclic amines) is 2. The molecule has 2 saturated heterocycles. The second-order valence-electron chi connectivity index (χ2n) is 8.90. The molecule has 3 fully saturated rings. The van der Waals surface area contributed by atoms with Crippen LogP contribution in [0.2, 0.25) is 0 Å². The molecular formula is C23H32N2O2. The lowest BCUT2D eigenvalue weighted by Gasteiger charge is -2.48. The van der Waals surface area contributed by atoms with E-state index >= 15 is 0 Å². The Labute approximate surface area is 162 Å². The van der Waals surface area contributed by atoms with Crippen LogP contribution in [-0.2, 0) is 16.1 Å². The number of piperidine rings is 2. The molecule has 4 rings (SSSR count). The number of rotatable bonds is 3. The number of hydrogen-bond acceptors (Lipinski definition) is 2. The van der Waals surface area contributed by atoms with Gasteiger partial charge in [0.2, 0.25) is 11.8 Å². The number of nitrogens with zero attached hydrogens (tertiary/aromatic N) is 2. The molecule has 0 atom stereocenters. The van der Waals surface area contributed by atoms with Crippen LogP contribution < -0.4 is 0 Å². The molecule has 27 heavy (non-hydrogen) atoms. The van der Waals surface area contributed by atoms with E-state index in [0.29, 0.717) is 18.9 Å². The first kappa shape index (κ1) is 18.5. The Balaban J connectivity index is 1.35. The van der Waals surface area contributed by atoms with Gasteiger partial charge in [-0.2, -0.15) is 0 Å². The van der Waals surface area contributed by atoms with Crippen molar-refractivity contribution in [2.24, 2.45) is 11.3 Å². The minimum Gasteiger partial charge on any atom is -0.342 e. The van der Waals surface area contributed by atoms with Crippen molar-refractivity contribution in [3.05, 3.63) is 35.9 Å². The van der Waals surface area contributed by atoms with Crippen molar-refractivity contribution >= 4 is 11.8 Å². The zero-order valence-corrected chi connectivity index (χ0v) is 16.4. The van der Waals surface area contributed by atoms with Gasteiger partial charge in [0.05, 0.1) is 0 Å². The monoisotopic (exact) mass is 368 g/mol. The molecule has 0 radical (unpaired) electrons. The molecule has 1 spiro atoms. The van der Waals surface area contributed by atoms with E-state index in [9.17, 15) is 9.59 Å². The van der Waals surface area contributed by atoms with Crippen molar-refractivity contribution in [3.63, 3.8) is 0 Å². The van der Waals surface area contributed by atoms with Crippen molar-refractivity contribution < 1.29 is 9.59 Å². The number of benzene rings is 1. The molecule has 4 nitrogen and oxygen atoms in total. The van der Waals surface area contributed by atoms with Crippen molar-refractivity contribution in [2.75, 3.05) is 19.6 Å². The van der Waals surface area contributed by atoms with Crippen molar-refractivity contribution in [1.82, 2.24) is 9.80 Å². The van der Waals surface area contributed by atoms with Gasteiger partial charge in [-0.3, -0.25) is 9.59 Å². The maximum Gasteiger partial charge on any atom is 0.225 e. The van der Waals surface area contributed by atoms with Crippen LogP contribution in [0.1, 0.15) is 63.4 Å². The molecule has 4 heteroatoms. The van der Waals surface area contributed by atoms with E-state index in [1.807, 2.05) is 18.2 Å². The Morgan fingerprint density at radius 1 is 1.00 bits per heavy atom. The molecule has 2 amide bonds.